The summed E-state index contributed by atoms with van der Waals surface area (Å²) in [7, 11) is 1.67. The zero-order valence-corrected chi connectivity index (χ0v) is 15.9. The lowest BCUT2D eigenvalue weighted by Crippen LogP contribution is -2.40. The minimum absolute atomic E-state index is 0.00763. The van der Waals surface area contributed by atoms with Crippen LogP contribution < -0.4 is 10.3 Å². The van der Waals surface area contributed by atoms with Crippen molar-refractivity contribution in [1.82, 2.24) is 24.1 Å². The van der Waals surface area contributed by atoms with Crippen LogP contribution in [0.2, 0.25) is 0 Å². The van der Waals surface area contributed by atoms with Crippen molar-refractivity contribution in [1.29, 1.82) is 0 Å². The second-order valence-corrected chi connectivity index (χ2v) is 7.41. The fourth-order valence-corrected chi connectivity index (χ4v) is 4.04. The Morgan fingerprint density at radius 2 is 2.11 bits per heavy atom. The maximum absolute atomic E-state index is 12.9. The molecule has 8 heteroatoms. The molecule has 1 unspecified atom stereocenters. The van der Waals surface area contributed by atoms with Gasteiger partial charge in [0.05, 0.1) is 26.5 Å². The van der Waals surface area contributed by atoms with Crippen molar-refractivity contribution in [3.63, 3.8) is 0 Å². The van der Waals surface area contributed by atoms with Crippen LogP contribution in [0.3, 0.4) is 0 Å². The molecule has 0 amide bonds. The molecule has 1 fully saturated rings. The Labute approximate surface area is 162 Å². The van der Waals surface area contributed by atoms with E-state index in [4.69, 9.17) is 14.6 Å². The average Bonchev–Trinajstić information content (AvgIpc) is 3.38. The number of ether oxygens (including phenoxy) is 2. The molecule has 1 saturated heterocycles. The van der Waals surface area contributed by atoms with Crippen LogP contribution in [0.4, 0.5) is 0 Å². The third kappa shape index (κ3) is 2.98. The molecule has 4 heterocycles. The van der Waals surface area contributed by atoms with Crippen molar-refractivity contribution in [2.75, 3.05) is 26.9 Å². The van der Waals surface area contributed by atoms with E-state index in [1.165, 1.54) is 5.56 Å². The smallest absolute Gasteiger partial charge is 0.279 e. The third-order valence-corrected chi connectivity index (χ3v) is 5.62. The second-order valence-electron chi connectivity index (χ2n) is 7.41. The molecule has 0 bridgehead atoms. The summed E-state index contributed by atoms with van der Waals surface area (Å²) in [6.07, 6.45) is 2.57. The molecular formula is C20H23N5O3. The number of fused-ring (bicyclic) bond motifs is 2. The number of methoxy groups -OCH3 is 1. The van der Waals surface area contributed by atoms with Crippen molar-refractivity contribution in [2.45, 2.75) is 32.0 Å². The molecule has 0 N–H and O–H groups in total. The summed E-state index contributed by atoms with van der Waals surface area (Å²) in [6, 6.07) is 8.10. The Balaban J connectivity index is 1.43. The van der Waals surface area contributed by atoms with Gasteiger partial charge in [-0.1, -0.05) is 12.1 Å². The molecular weight excluding hydrogens is 358 g/mol. The molecule has 3 aromatic rings. The molecule has 8 nitrogen and oxygen atoms in total. The molecule has 0 radical (unpaired) electrons. The Morgan fingerprint density at radius 1 is 1.25 bits per heavy atom. The fraction of sp³-hybridized carbons (Fsp3) is 0.450. The summed E-state index contributed by atoms with van der Waals surface area (Å²) in [5.41, 5.74) is 1.75. The van der Waals surface area contributed by atoms with Crippen molar-refractivity contribution in [2.24, 2.45) is 0 Å². The van der Waals surface area contributed by atoms with Gasteiger partial charge in [-0.2, -0.15) is 5.10 Å². The second kappa shape index (κ2) is 7.03. The lowest BCUT2D eigenvalue weighted by molar-refractivity contribution is 0.192. The molecule has 0 spiro atoms. The van der Waals surface area contributed by atoms with Gasteiger partial charge in [-0.15, -0.1) is 0 Å². The van der Waals surface area contributed by atoms with Crippen LogP contribution in [0.15, 0.2) is 35.3 Å². The highest BCUT2D eigenvalue weighted by molar-refractivity contribution is 5.43. The molecule has 1 atom stereocenters. The molecule has 28 heavy (non-hydrogen) atoms. The van der Waals surface area contributed by atoms with Gasteiger partial charge in [0, 0.05) is 32.2 Å². The molecule has 2 aromatic heterocycles. The number of hydrogen-bond donors (Lipinski definition) is 0. The number of imidazole rings is 1. The van der Waals surface area contributed by atoms with Crippen molar-refractivity contribution < 1.29 is 9.47 Å². The predicted octanol–water partition coefficient (Wildman–Crippen LogP) is 1.42. The minimum atomic E-state index is -0.00763. The normalized spacial score (nSPS) is 19.8. The number of hydrogen-bond acceptors (Lipinski definition) is 6. The number of rotatable bonds is 4. The average molecular weight is 381 g/mol. The lowest BCUT2D eigenvalue weighted by Gasteiger charge is -2.29. The topological polar surface area (TPSA) is 73.9 Å². The highest BCUT2D eigenvalue weighted by Crippen LogP contribution is 2.24. The van der Waals surface area contributed by atoms with E-state index in [1.54, 1.807) is 22.4 Å². The first-order chi connectivity index (χ1) is 13.7. The van der Waals surface area contributed by atoms with Gasteiger partial charge in [0.15, 0.2) is 5.52 Å². The van der Waals surface area contributed by atoms with Crippen LogP contribution in [-0.2, 0) is 24.4 Å². The van der Waals surface area contributed by atoms with Crippen LogP contribution in [0.25, 0.3) is 5.52 Å². The van der Waals surface area contributed by atoms with Gasteiger partial charge in [-0.05, 0) is 24.1 Å². The molecule has 0 aliphatic carbocycles. The van der Waals surface area contributed by atoms with Crippen molar-refractivity contribution in [3.05, 3.63) is 58.0 Å². The van der Waals surface area contributed by atoms with Gasteiger partial charge in [-0.3, -0.25) is 14.3 Å². The first kappa shape index (κ1) is 17.4. The summed E-state index contributed by atoms with van der Waals surface area (Å²) in [5, 5.41) is 4.80. The summed E-state index contributed by atoms with van der Waals surface area (Å²) < 4.78 is 14.2. The first-order valence-electron chi connectivity index (χ1n) is 9.63. The van der Waals surface area contributed by atoms with E-state index in [1.807, 2.05) is 12.1 Å². The summed E-state index contributed by atoms with van der Waals surface area (Å²) in [5.74, 6) is 2.68. The van der Waals surface area contributed by atoms with E-state index in [-0.39, 0.29) is 11.5 Å². The van der Waals surface area contributed by atoms with Crippen LogP contribution in [0.5, 0.6) is 5.75 Å². The Morgan fingerprint density at radius 3 is 2.86 bits per heavy atom. The monoisotopic (exact) mass is 381 g/mol. The predicted molar refractivity (Wildman–Crippen MR) is 103 cm³/mol. The van der Waals surface area contributed by atoms with Gasteiger partial charge >= 0.3 is 0 Å². The maximum Gasteiger partial charge on any atom is 0.279 e. The van der Waals surface area contributed by atoms with E-state index < -0.39 is 0 Å². The molecule has 5 rings (SSSR count). The largest absolute Gasteiger partial charge is 0.497 e. The first-order valence-corrected chi connectivity index (χ1v) is 9.63. The van der Waals surface area contributed by atoms with Gasteiger partial charge in [-0.25, -0.2) is 9.50 Å². The van der Waals surface area contributed by atoms with E-state index in [0.717, 1.165) is 43.5 Å². The van der Waals surface area contributed by atoms with Crippen molar-refractivity contribution >= 4 is 5.52 Å². The summed E-state index contributed by atoms with van der Waals surface area (Å²) in [6.45, 7) is 4.28. The van der Waals surface area contributed by atoms with E-state index in [9.17, 15) is 4.79 Å². The van der Waals surface area contributed by atoms with Crippen LogP contribution >= 0.6 is 0 Å². The molecule has 1 aromatic carbocycles. The Kier molecular flexibility index (Phi) is 4.37. The Hall–Kier alpha value is -2.71. The number of benzene rings is 1. The van der Waals surface area contributed by atoms with E-state index >= 15 is 0 Å². The zero-order chi connectivity index (χ0) is 19.1. The summed E-state index contributed by atoms with van der Waals surface area (Å²) >= 11 is 0. The van der Waals surface area contributed by atoms with E-state index in [2.05, 4.69) is 22.0 Å². The number of aromatic nitrogens is 4. The molecule has 146 valence electrons. The van der Waals surface area contributed by atoms with Gasteiger partial charge < -0.3 is 9.47 Å². The SMILES string of the molecule is COc1ccc(CN2CCn3c(nn4c(C5CCOC5)ncc4c3=O)C2)cc1. The standard InChI is InChI=1S/C20H23N5O3/c1-27-16-4-2-14(3-5-16)11-23-7-8-24-18(12-23)22-25-17(20(24)26)10-21-19(25)15-6-9-28-13-15/h2-5,10,15H,6-9,11-13H2,1H3. The van der Waals surface area contributed by atoms with Gasteiger partial charge in [0.2, 0.25) is 0 Å². The number of nitrogens with zero attached hydrogens (tertiary/aromatic N) is 5. The lowest BCUT2D eigenvalue weighted by atomic mass is 10.1. The van der Waals surface area contributed by atoms with Gasteiger partial charge in [0.1, 0.15) is 17.4 Å². The minimum Gasteiger partial charge on any atom is -0.497 e. The quantitative estimate of drug-likeness (QED) is 0.681. The van der Waals surface area contributed by atoms with Crippen LogP contribution in [0.1, 0.15) is 29.6 Å². The maximum atomic E-state index is 12.9. The zero-order valence-electron chi connectivity index (χ0n) is 15.9. The molecule has 2 aliphatic rings. The molecule has 0 saturated carbocycles. The third-order valence-electron chi connectivity index (χ3n) is 5.62. The highest BCUT2D eigenvalue weighted by atomic mass is 16.5. The highest BCUT2D eigenvalue weighted by Gasteiger charge is 2.26. The van der Waals surface area contributed by atoms with E-state index in [0.29, 0.717) is 25.2 Å². The fourth-order valence-electron chi connectivity index (χ4n) is 4.04. The van der Waals surface area contributed by atoms with Gasteiger partial charge in [0.25, 0.3) is 5.56 Å². The Bertz CT molecular complexity index is 1050. The summed E-state index contributed by atoms with van der Waals surface area (Å²) in [4.78, 5) is 19.7. The van der Waals surface area contributed by atoms with Crippen molar-refractivity contribution in [3.8, 4) is 5.75 Å². The van der Waals surface area contributed by atoms with Crippen LogP contribution in [0, 0.1) is 0 Å². The van der Waals surface area contributed by atoms with Crippen LogP contribution in [-0.4, -0.2) is 50.9 Å². The molecule has 2 aliphatic heterocycles.